The summed E-state index contributed by atoms with van der Waals surface area (Å²) in [6, 6.07) is 11.4. The predicted octanol–water partition coefficient (Wildman–Crippen LogP) is 2.58. The van der Waals surface area contributed by atoms with E-state index in [-0.39, 0.29) is 5.91 Å². The molecule has 0 bridgehead atoms. The normalized spacial score (nSPS) is 10.6. The Balaban J connectivity index is 2.02. The van der Waals surface area contributed by atoms with Crippen LogP contribution in [0.25, 0.3) is 22.3 Å². The number of hydrogen-bond donors (Lipinski definition) is 2. The van der Waals surface area contributed by atoms with E-state index in [0.717, 1.165) is 22.3 Å². The Hall–Kier alpha value is -2.69. The van der Waals surface area contributed by atoms with Gasteiger partial charge in [0.15, 0.2) is 0 Å². The summed E-state index contributed by atoms with van der Waals surface area (Å²) in [5, 5.41) is 2.68. The molecule has 1 amide bonds. The van der Waals surface area contributed by atoms with Gasteiger partial charge in [0, 0.05) is 12.5 Å². The predicted molar refractivity (Wildman–Crippen MR) is 73.6 cm³/mol. The zero-order valence-corrected chi connectivity index (χ0v) is 10.3. The van der Waals surface area contributed by atoms with Gasteiger partial charge in [0.2, 0.25) is 5.91 Å². The zero-order chi connectivity index (χ0) is 13.2. The third-order valence-electron chi connectivity index (χ3n) is 2.77. The van der Waals surface area contributed by atoms with E-state index in [1.165, 1.54) is 6.92 Å². The molecule has 0 atom stereocenters. The third-order valence-corrected chi connectivity index (χ3v) is 2.77. The van der Waals surface area contributed by atoms with Gasteiger partial charge < -0.3 is 10.3 Å². The quantitative estimate of drug-likeness (QED) is 0.736. The Morgan fingerprint density at radius 2 is 2.16 bits per heavy atom. The smallest absolute Gasteiger partial charge is 0.222 e. The van der Waals surface area contributed by atoms with Gasteiger partial charge in [0.1, 0.15) is 5.82 Å². The average molecular weight is 252 g/mol. The molecule has 3 aromatic rings. The van der Waals surface area contributed by atoms with Crippen LogP contribution in [0.2, 0.25) is 0 Å². The largest absolute Gasteiger partial charge is 0.345 e. The van der Waals surface area contributed by atoms with E-state index >= 15 is 0 Å². The maximum atomic E-state index is 11.0. The van der Waals surface area contributed by atoms with Gasteiger partial charge in [-0.3, -0.25) is 4.79 Å². The molecule has 1 aromatic carbocycles. The molecule has 0 unspecified atom stereocenters. The first kappa shape index (κ1) is 11.4. The van der Waals surface area contributed by atoms with Gasteiger partial charge in [0.25, 0.3) is 0 Å². The second-order valence-corrected chi connectivity index (χ2v) is 4.22. The lowest BCUT2D eigenvalue weighted by molar-refractivity contribution is -0.114. The molecular weight excluding hydrogens is 240 g/mol. The van der Waals surface area contributed by atoms with E-state index < -0.39 is 0 Å². The molecule has 0 aliphatic rings. The SMILES string of the molecule is CC(=O)Nc1cccc(-c2ccc3[nH]cnc3c2)n1. The van der Waals surface area contributed by atoms with E-state index in [4.69, 9.17) is 0 Å². The Kier molecular flexibility index (Phi) is 2.72. The van der Waals surface area contributed by atoms with Crippen LogP contribution in [-0.2, 0) is 4.79 Å². The number of benzene rings is 1. The van der Waals surface area contributed by atoms with Crippen LogP contribution >= 0.6 is 0 Å². The molecule has 2 aromatic heterocycles. The third kappa shape index (κ3) is 2.30. The lowest BCUT2D eigenvalue weighted by atomic mass is 10.1. The topological polar surface area (TPSA) is 70.7 Å². The second kappa shape index (κ2) is 4.53. The minimum absolute atomic E-state index is 0.132. The Morgan fingerprint density at radius 3 is 3.00 bits per heavy atom. The van der Waals surface area contributed by atoms with Crippen molar-refractivity contribution in [2.45, 2.75) is 6.92 Å². The van der Waals surface area contributed by atoms with Gasteiger partial charge in [-0.15, -0.1) is 0 Å². The fraction of sp³-hybridized carbons (Fsp3) is 0.0714. The van der Waals surface area contributed by atoms with Gasteiger partial charge in [-0.05, 0) is 24.3 Å². The van der Waals surface area contributed by atoms with Crippen LogP contribution in [-0.4, -0.2) is 20.9 Å². The van der Waals surface area contributed by atoms with Crippen LogP contribution in [0.4, 0.5) is 5.82 Å². The number of carbonyl (C=O) groups excluding carboxylic acids is 1. The number of anilines is 1. The van der Waals surface area contributed by atoms with E-state index in [2.05, 4.69) is 20.3 Å². The number of carbonyl (C=O) groups is 1. The number of fused-ring (bicyclic) bond motifs is 1. The Morgan fingerprint density at radius 1 is 1.26 bits per heavy atom. The zero-order valence-electron chi connectivity index (χ0n) is 10.3. The standard InChI is InChI=1S/C14H12N4O/c1-9(19)17-14-4-2-3-11(18-14)10-5-6-12-13(7-10)16-8-15-12/h2-8H,1H3,(H,15,16)(H,17,18,19). The first-order valence-corrected chi connectivity index (χ1v) is 5.90. The number of imidazole rings is 1. The highest BCUT2D eigenvalue weighted by atomic mass is 16.1. The molecule has 2 heterocycles. The van der Waals surface area contributed by atoms with Crippen molar-refractivity contribution in [3.63, 3.8) is 0 Å². The van der Waals surface area contributed by atoms with Gasteiger partial charge in [-0.1, -0.05) is 12.1 Å². The molecule has 0 spiro atoms. The van der Waals surface area contributed by atoms with Crippen molar-refractivity contribution in [1.29, 1.82) is 0 Å². The summed E-state index contributed by atoms with van der Waals surface area (Å²) in [6.07, 6.45) is 1.66. The van der Waals surface area contributed by atoms with Crippen molar-refractivity contribution in [2.75, 3.05) is 5.32 Å². The number of aromatic nitrogens is 3. The highest BCUT2D eigenvalue weighted by Crippen LogP contribution is 2.22. The summed E-state index contributed by atoms with van der Waals surface area (Å²) in [5.74, 6) is 0.416. The van der Waals surface area contributed by atoms with Gasteiger partial charge in [-0.2, -0.15) is 0 Å². The van der Waals surface area contributed by atoms with Crippen LogP contribution in [0.5, 0.6) is 0 Å². The number of H-pyrrole nitrogens is 1. The highest BCUT2D eigenvalue weighted by Gasteiger charge is 2.04. The highest BCUT2D eigenvalue weighted by molar-refractivity contribution is 5.88. The molecule has 3 rings (SSSR count). The van der Waals surface area contributed by atoms with Crippen LogP contribution in [0.3, 0.4) is 0 Å². The molecular formula is C14H12N4O. The minimum atomic E-state index is -0.132. The first-order chi connectivity index (χ1) is 9.22. The summed E-state index contributed by atoms with van der Waals surface area (Å²) in [4.78, 5) is 22.7. The Labute approximate surface area is 109 Å². The summed E-state index contributed by atoms with van der Waals surface area (Å²) in [7, 11) is 0. The van der Waals surface area contributed by atoms with Crippen LogP contribution in [0.1, 0.15) is 6.92 Å². The van der Waals surface area contributed by atoms with Crippen LogP contribution < -0.4 is 5.32 Å². The maximum absolute atomic E-state index is 11.0. The van der Waals surface area contributed by atoms with E-state index in [1.807, 2.05) is 30.3 Å². The van der Waals surface area contributed by atoms with Crippen molar-refractivity contribution < 1.29 is 4.79 Å². The molecule has 0 radical (unpaired) electrons. The summed E-state index contributed by atoms with van der Waals surface area (Å²) in [6.45, 7) is 1.46. The molecule has 0 fully saturated rings. The van der Waals surface area contributed by atoms with Crippen molar-refractivity contribution in [3.8, 4) is 11.3 Å². The fourth-order valence-electron chi connectivity index (χ4n) is 1.94. The lowest BCUT2D eigenvalue weighted by Gasteiger charge is -2.05. The number of hydrogen-bond acceptors (Lipinski definition) is 3. The maximum Gasteiger partial charge on any atom is 0.222 e. The van der Waals surface area contributed by atoms with E-state index in [9.17, 15) is 4.79 Å². The van der Waals surface area contributed by atoms with Crippen LogP contribution in [0, 0.1) is 0 Å². The van der Waals surface area contributed by atoms with Crippen molar-refractivity contribution >= 4 is 22.8 Å². The monoisotopic (exact) mass is 252 g/mol. The average Bonchev–Trinajstić information content (AvgIpc) is 2.85. The minimum Gasteiger partial charge on any atom is -0.345 e. The van der Waals surface area contributed by atoms with Crippen molar-refractivity contribution in [3.05, 3.63) is 42.7 Å². The van der Waals surface area contributed by atoms with E-state index in [0.29, 0.717) is 5.82 Å². The molecule has 0 aliphatic heterocycles. The molecule has 19 heavy (non-hydrogen) atoms. The van der Waals surface area contributed by atoms with Gasteiger partial charge in [-0.25, -0.2) is 9.97 Å². The van der Waals surface area contributed by atoms with Crippen LogP contribution in [0.15, 0.2) is 42.7 Å². The number of aromatic amines is 1. The second-order valence-electron chi connectivity index (χ2n) is 4.22. The molecule has 2 N–H and O–H groups in total. The van der Waals surface area contributed by atoms with Crippen molar-refractivity contribution in [1.82, 2.24) is 15.0 Å². The van der Waals surface area contributed by atoms with Gasteiger partial charge in [0.05, 0.1) is 23.1 Å². The summed E-state index contributed by atoms with van der Waals surface area (Å²) < 4.78 is 0. The first-order valence-electron chi connectivity index (χ1n) is 5.90. The number of nitrogens with zero attached hydrogens (tertiary/aromatic N) is 2. The number of nitrogens with one attached hydrogen (secondary N) is 2. The summed E-state index contributed by atoms with van der Waals surface area (Å²) in [5.41, 5.74) is 3.65. The molecule has 5 heteroatoms. The summed E-state index contributed by atoms with van der Waals surface area (Å²) >= 11 is 0. The molecule has 94 valence electrons. The van der Waals surface area contributed by atoms with Crippen molar-refractivity contribution in [2.24, 2.45) is 0 Å². The number of amides is 1. The molecule has 0 saturated carbocycles. The lowest BCUT2D eigenvalue weighted by Crippen LogP contribution is -2.07. The van der Waals surface area contributed by atoms with E-state index in [1.54, 1.807) is 12.4 Å². The molecule has 0 aliphatic carbocycles. The molecule has 0 saturated heterocycles. The van der Waals surface area contributed by atoms with Gasteiger partial charge >= 0.3 is 0 Å². The number of rotatable bonds is 2. The Bertz CT molecular complexity index is 748. The molecule has 5 nitrogen and oxygen atoms in total. The fourth-order valence-corrected chi connectivity index (χ4v) is 1.94. The number of pyridine rings is 1.